The van der Waals surface area contributed by atoms with Gasteiger partial charge in [-0.15, -0.1) is 0 Å². The minimum Gasteiger partial charge on any atom is -0.352 e. The van der Waals surface area contributed by atoms with Crippen LogP contribution in [0.15, 0.2) is 0 Å². The molecular formula is C17H27NO5. The Morgan fingerprint density at radius 3 is 2.52 bits per heavy atom. The van der Waals surface area contributed by atoms with Crippen LogP contribution in [0, 0.1) is 11.8 Å². The highest BCUT2D eigenvalue weighted by atomic mass is 16.6. The molecule has 2 fully saturated rings. The first-order chi connectivity index (χ1) is 10.7. The Hall–Kier alpha value is -1.27. The van der Waals surface area contributed by atoms with Crippen LogP contribution >= 0.6 is 0 Å². The predicted octanol–water partition coefficient (Wildman–Crippen LogP) is 1.30. The summed E-state index contributed by atoms with van der Waals surface area (Å²) < 4.78 is 5.65. The SMILES string of the molecule is CC(=O)[C@@H]1CCCN1C(=O)C1(O)OC(C(C)C)CC[C@@H](C)C1=O. The molecule has 6 nitrogen and oxygen atoms in total. The first-order valence-corrected chi connectivity index (χ1v) is 8.44. The lowest BCUT2D eigenvalue weighted by molar-refractivity contribution is -0.231. The Kier molecular flexibility index (Phi) is 5.26. The molecule has 1 amide bonds. The molecule has 0 spiro atoms. The largest absolute Gasteiger partial charge is 0.352 e. The summed E-state index contributed by atoms with van der Waals surface area (Å²) in [6.07, 6.45) is 2.08. The maximum atomic E-state index is 12.9. The van der Waals surface area contributed by atoms with E-state index in [4.69, 9.17) is 4.74 Å². The van der Waals surface area contributed by atoms with Crippen LogP contribution in [0.3, 0.4) is 0 Å². The number of amides is 1. The van der Waals surface area contributed by atoms with Crippen molar-refractivity contribution in [2.75, 3.05) is 6.54 Å². The molecule has 0 saturated carbocycles. The molecule has 2 heterocycles. The second kappa shape index (κ2) is 6.69. The van der Waals surface area contributed by atoms with Crippen molar-refractivity contribution in [1.29, 1.82) is 0 Å². The number of hydrogen-bond donors (Lipinski definition) is 1. The number of ketones is 2. The Morgan fingerprint density at radius 1 is 1.30 bits per heavy atom. The zero-order valence-corrected chi connectivity index (χ0v) is 14.4. The molecular weight excluding hydrogens is 298 g/mol. The van der Waals surface area contributed by atoms with E-state index in [0.29, 0.717) is 32.2 Å². The highest BCUT2D eigenvalue weighted by molar-refractivity contribution is 6.09. The van der Waals surface area contributed by atoms with Gasteiger partial charge in [0.1, 0.15) is 0 Å². The van der Waals surface area contributed by atoms with E-state index >= 15 is 0 Å². The van der Waals surface area contributed by atoms with Gasteiger partial charge in [-0.1, -0.05) is 20.8 Å². The average molecular weight is 325 g/mol. The number of ether oxygens (including phenoxy) is 1. The normalized spacial score (nSPS) is 35.5. The summed E-state index contributed by atoms with van der Waals surface area (Å²) in [4.78, 5) is 38.5. The third kappa shape index (κ3) is 3.33. The van der Waals surface area contributed by atoms with Gasteiger partial charge in [-0.05, 0) is 38.5 Å². The number of rotatable bonds is 3. The number of carbonyl (C=O) groups is 3. The fourth-order valence-electron chi connectivity index (χ4n) is 3.47. The molecule has 1 N–H and O–H groups in total. The Bertz CT molecular complexity index is 503. The maximum absolute atomic E-state index is 12.9. The van der Waals surface area contributed by atoms with Gasteiger partial charge in [0, 0.05) is 12.5 Å². The minimum absolute atomic E-state index is 0.0783. The van der Waals surface area contributed by atoms with E-state index in [0.717, 1.165) is 0 Å². The molecule has 2 aliphatic heterocycles. The lowest BCUT2D eigenvalue weighted by Gasteiger charge is -2.34. The van der Waals surface area contributed by atoms with Crippen molar-refractivity contribution in [3.63, 3.8) is 0 Å². The van der Waals surface area contributed by atoms with Crippen LogP contribution in [-0.4, -0.2) is 52.0 Å². The standard InChI is InChI=1S/C17H27NO5/c1-10(2)14-8-7-11(3)15(20)17(22,23-14)16(21)18-9-5-6-13(18)12(4)19/h10-11,13-14,22H,5-9H2,1-4H3/t11-,13+,14?,17?/m1/s1. The number of likely N-dealkylation sites (tertiary alicyclic amines) is 1. The van der Waals surface area contributed by atoms with Gasteiger partial charge in [-0.3, -0.25) is 14.4 Å². The zero-order valence-electron chi connectivity index (χ0n) is 14.4. The van der Waals surface area contributed by atoms with Gasteiger partial charge in [-0.2, -0.15) is 0 Å². The van der Waals surface area contributed by atoms with Gasteiger partial charge in [0.2, 0.25) is 5.78 Å². The molecule has 0 aromatic carbocycles. The zero-order chi connectivity index (χ0) is 17.4. The quantitative estimate of drug-likeness (QED) is 0.791. The van der Waals surface area contributed by atoms with E-state index in [2.05, 4.69) is 0 Å². The van der Waals surface area contributed by atoms with Crippen molar-refractivity contribution in [3.8, 4) is 0 Å². The molecule has 2 saturated heterocycles. The summed E-state index contributed by atoms with van der Waals surface area (Å²) in [5.41, 5.74) is 0. The van der Waals surface area contributed by atoms with E-state index < -0.39 is 29.4 Å². The highest BCUT2D eigenvalue weighted by Gasteiger charge is 2.54. The van der Waals surface area contributed by atoms with Crippen molar-refractivity contribution in [1.82, 2.24) is 4.90 Å². The fraction of sp³-hybridized carbons (Fsp3) is 0.824. The Balaban J connectivity index is 2.33. The van der Waals surface area contributed by atoms with Crippen molar-refractivity contribution >= 4 is 17.5 Å². The van der Waals surface area contributed by atoms with Crippen molar-refractivity contribution in [2.24, 2.45) is 11.8 Å². The number of aliphatic hydroxyl groups is 1. The number of Topliss-reactive ketones (excluding diaryl/α,β-unsaturated/α-hetero) is 2. The van der Waals surface area contributed by atoms with E-state index in [1.54, 1.807) is 6.92 Å². The molecule has 0 radical (unpaired) electrons. The summed E-state index contributed by atoms with van der Waals surface area (Å²) in [5.74, 6) is -4.35. The van der Waals surface area contributed by atoms with Crippen LogP contribution < -0.4 is 0 Å². The second-order valence-corrected chi connectivity index (χ2v) is 7.15. The van der Waals surface area contributed by atoms with Crippen LogP contribution in [0.4, 0.5) is 0 Å². The third-order valence-electron chi connectivity index (χ3n) is 5.00. The van der Waals surface area contributed by atoms with E-state index in [1.165, 1.54) is 11.8 Å². The van der Waals surface area contributed by atoms with E-state index in [-0.39, 0.29) is 17.8 Å². The van der Waals surface area contributed by atoms with Gasteiger partial charge >= 0.3 is 5.79 Å². The average Bonchev–Trinajstić information content (AvgIpc) is 2.94. The van der Waals surface area contributed by atoms with Crippen molar-refractivity contribution in [3.05, 3.63) is 0 Å². The predicted molar refractivity (Wildman–Crippen MR) is 83.5 cm³/mol. The van der Waals surface area contributed by atoms with Crippen LogP contribution in [0.25, 0.3) is 0 Å². The summed E-state index contributed by atoms with van der Waals surface area (Å²) in [5, 5.41) is 10.9. The Morgan fingerprint density at radius 2 is 1.96 bits per heavy atom. The second-order valence-electron chi connectivity index (χ2n) is 7.15. The summed E-state index contributed by atoms with van der Waals surface area (Å²) >= 11 is 0. The number of hydrogen-bond acceptors (Lipinski definition) is 5. The van der Waals surface area contributed by atoms with Gasteiger partial charge in [0.05, 0.1) is 12.1 Å². The van der Waals surface area contributed by atoms with Crippen molar-refractivity contribution < 1.29 is 24.2 Å². The van der Waals surface area contributed by atoms with Gasteiger partial charge in [0.25, 0.3) is 5.91 Å². The summed E-state index contributed by atoms with van der Waals surface area (Å²) in [6.45, 7) is 7.37. The lowest BCUT2D eigenvalue weighted by Crippen LogP contribution is -2.59. The van der Waals surface area contributed by atoms with E-state index in [1.807, 2.05) is 13.8 Å². The number of nitrogens with zero attached hydrogens (tertiary/aromatic N) is 1. The molecule has 0 aromatic rings. The van der Waals surface area contributed by atoms with Gasteiger partial charge < -0.3 is 14.7 Å². The molecule has 0 aromatic heterocycles. The highest BCUT2D eigenvalue weighted by Crippen LogP contribution is 2.33. The molecule has 0 aliphatic carbocycles. The summed E-state index contributed by atoms with van der Waals surface area (Å²) in [7, 11) is 0. The first kappa shape index (κ1) is 18.1. The molecule has 130 valence electrons. The lowest BCUT2D eigenvalue weighted by atomic mass is 9.93. The van der Waals surface area contributed by atoms with Crippen LogP contribution in [0.2, 0.25) is 0 Å². The molecule has 6 heteroatoms. The van der Waals surface area contributed by atoms with Gasteiger partial charge in [0.15, 0.2) is 5.78 Å². The molecule has 0 bridgehead atoms. The minimum atomic E-state index is -2.47. The monoisotopic (exact) mass is 325 g/mol. The maximum Gasteiger partial charge on any atom is 0.309 e. The smallest absolute Gasteiger partial charge is 0.309 e. The van der Waals surface area contributed by atoms with Crippen LogP contribution in [0.1, 0.15) is 53.4 Å². The van der Waals surface area contributed by atoms with Crippen molar-refractivity contribution in [2.45, 2.75) is 71.3 Å². The molecule has 4 atom stereocenters. The molecule has 2 aliphatic rings. The topological polar surface area (TPSA) is 83.9 Å². The molecule has 2 rings (SSSR count). The molecule has 23 heavy (non-hydrogen) atoms. The van der Waals surface area contributed by atoms with Crippen LogP contribution in [0.5, 0.6) is 0 Å². The first-order valence-electron chi connectivity index (χ1n) is 8.44. The Labute approximate surface area is 137 Å². The molecule has 2 unspecified atom stereocenters. The van der Waals surface area contributed by atoms with Crippen LogP contribution in [-0.2, 0) is 19.1 Å². The fourth-order valence-corrected chi connectivity index (χ4v) is 3.47. The third-order valence-corrected chi connectivity index (χ3v) is 5.00. The van der Waals surface area contributed by atoms with Gasteiger partial charge in [-0.25, -0.2) is 0 Å². The summed E-state index contributed by atoms with van der Waals surface area (Å²) in [6, 6.07) is -0.570. The van der Waals surface area contributed by atoms with E-state index in [9.17, 15) is 19.5 Å². The number of carbonyl (C=O) groups excluding carboxylic acids is 3.